The molecular weight excluding hydrogens is 325 g/mol. The van der Waals surface area contributed by atoms with Gasteiger partial charge in [-0.3, -0.25) is 5.32 Å². The smallest absolute Gasteiger partial charge is 0.304 e. The molecule has 2 atom stereocenters. The van der Waals surface area contributed by atoms with Crippen LogP contribution in [0.3, 0.4) is 0 Å². The van der Waals surface area contributed by atoms with Gasteiger partial charge in [0, 0.05) is 6.04 Å². The summed E-state index contributed by atoms with van der Waals surface area (Å²) in [6.07, 6.45) is -5.65. The Morgan fingerprint density at radius 2 is 1.75 bits per heavy atom. The van der Waals surface area contributed by atoms with Gasteiger partial charge in [0.15, 0.2) is 6.29 Å². The van der Waals surface area contributed by atoms with E-state index in [2.05, 4.69) is 16.0 Å². The molecule has 1 aromatic carbocycles. The summed E-state index contributed by atoms with van der Waals surface area (Å²) in [5.41, 5.74) is 1.97. The van der Waals surface area contributed by atoms with Crippen molar-refractivity contribution in [3.05, 3.63) is 35.4 Å². The Labute approximate surface area is 137 Å². The molecule has 1 aliphatic rings. The van der Waals surface area contributed by atoms with Crippen LogP contribution in [0.5, 0.6) is 0 Å². The number of urea groups is 2. The Balaban J connectivity index is 2.04. The van der Waals surface area contributed by atoms with E-state index < -0.39 is 30.6 Å². The molecule has 3 N–H and O–H groups in total. The van der Waals surface area contributed by atoms with Crippen LogP contribution in [0.25, 0.3) is 0 Å². The second kappa shape index (κ2) is 6.68. The van der Waals surface area contributed by atoms with Gasteiger partial charge in [0.25, 0.3) is 0 Å². The monoisotopic (exact) mass is 344 g/mol. The molecule has 1 aliphatic heterocycles. The zero-order valence-electron chi connectivity index (χ0n) is 13.4. The van der Waals surface area contributed by atoms with E-state index in [9.17, 15) is 22.8 Å². The Bertz CT molecular complexity index is 617. The molecule has 0 bridgehead atoms. The Hall–Kier alpha value is -2.29. The van der Waals surface area contributed by atoms with Gasteiger partial charge >= 0.3 is 18.2 Å². The molecule has 0 saturated carbocycles. The Morgan fingerprint density at radius 1 is 1.17 bits per heavy atom. The molecule has 6 nitrogen and oxygen atoms in total. The fraction of sp³-hybridized carbons (Fsp3) is 0.467. The van der Waals surface area contributed by atoms with Crippen molar-refractivity contribution in [2.75, 3.05) is 0 Å². The van der Waals surface area contributed by atoms with Gasteiger partial charge in [-0.25, -0.2) is 14.5 Å². The largest absolute Gasteiger partial charge is 0.409 e. The molecule has 1 aromatic rings. The summed E-state index contributed by atoms with van der Waals surface area (Å²) in [4.78, 5) is 23.9. The maximum Gasteiger partial charge on any atom is 0.409 e. The first-order valence-corrected chi connectivity index (χ1v) is 7.39. The van der Waals surface area contributed by atoms with Gasteiger partial charge in [-0.2, -0.15) is 13.2 Å². The number of carbonyl (C=O) groups excluding carboxylic acids is 2. The summed E-state index contributed by atoms with van der Waals surface area (Å²) < 4.78 is 38.2. The fourth-order valence-corrected chi connectivity index (χ4v) is 2.38. The number of carbonyl (C=O) groups is 2. The van der Waals surface area contributed by atoms with Crippen LogP contribution in [-0.4, -0.2) is 35.5 Å². The number of amides is 4. The number of hydrogen-bond donors (Lipinski definition) is 3. The lowest BCUT2D eigenvalue weighted by atomic mass is 10.1. The summed E-state index contributed by atoms with van der Waals surface area (Å²) in [7, 11) is 0. The molecule has 132 valence electrons. The van der Waals surface area contributed by atoms with Crippen molar-refractivity contribution in [2.24, 2.45) is 0 Å². The summed E-state index contributed by atoms with van der Waals surface area (Å²) in [5, 5.41) is 7.57. The van der Waals surface area contributed by atoms with Gasteiger partial charge in [0.2, 0.25) is 0 Å². The number of nitrogens with zero attached hydrogens (tertiary/aromatic N) is 1. The zero-order chi connectivity index (χ0) is 18.1. The van der Waals surface area contributed by atoms with Crippen LogP contribution in [0, 0.1) is 6.92 Å². The minimum Gasteiger partial charge on any atom is -0.304 e. The lowest BCUT2D eigenvalue weighted by molar-refractivity contribution is -0.166. The SMILES string of the molecule is Cc1cccc([C@H](C)NC2NC(=O)N([C@H](C)C(F)(F)F)C(=O)N2)c1. The van der Waals surface area contributed by atoms with Gasteiger partial charge in [-0.05, 0) is 26.3 Å². The number of aryl methyl sites for hydroxylation is 1. The Kier molecular flexibility index (Phi) is 5.02. The number of benzene rings is 1. The molecule has 0 aromatic heterocycles. The molecule has 4 amide bonds. The van der Waals surface area contributed by atoms with Gasteiger partial charge in [0.1, 0.15) is 6.04 Å². The summed E-state index contributed by atoms with van der Waals surface area (Å²) in [6, 6.07) is 2.95. The molecule has 0 unspecified atom stereocenters. The van der Waals surface area contributed by atoms with Crippen LogP contribution in [0.1, 0.15) is 31.0 Å². The van der Waals surface area contributed by atoms with Gasteiger partial charge in [0.05, 0.1) is 0 Å². The molecule has 0 radical (unpaired) electrons. The van der Waals surface area contributed by atoms with E-state index in [0.29, 0.717) is 0 Å². The summed E-state index contributed by atoms with van der Waals surface area (Å²) in [6.45, 7) is 4.50. The predicted octanol–water partition coefficient (Wildman–Crippen LogP) is 2.61. The molecule has 9 heteroatoms. The van der Waals surface area contributed by atoms with E-state index in [-0.39, 0.29) is 10.9 Å². The molecule has 0 aliphatic carbocycles. The summed E-state index contributed by atoms with van der Waals surface area (Å²) >= 11 is 0. The highest BCUT2D eigenvalue weighted by atomic mass is 19.4. The third-order valence-corrected chi connectivity index (χ3v) is 3.79. The highest BCUT2D eigenvalue weighted by Crippen LogP contribution is 2.25. The maximum absolute atomic E-state index is 12.7. The predicted molar refractivity (Wildman–Crippen MR) is 80.9 cm³/mol. The lowest BCUT2D eigenvalue weighted by Crippen LogP contribution is -2.70. The van der Waals surface area contributed by atoms with Crippen LogP contribution in [0.2, 0.25) is 0 Å². The second-order valence-electron chi connectivity index (χ2n) is 5.72. The van der Waals surface area contributed by atoms with Crippen LogP contribution >= 0.6 is 0 Å². The van der Waals surface area contributed by atoms with Crippen molar-refractivity contribution in [1.29, 1.82) is 0 Å². The van der Waals surface area contributed by atoms with Crippen molar-refractivity contribution < 1.29 is 22.8 Å². The highest BCUT2D eigenvalue weighted by Gasteiger charge is 2.47. The average molecular weight is 344 g/mol. The first-order chi connectivity index (χ1) is 11.1. The topological polar surface area (TPSA) is 73.5 Å². The van der Waals surface area contributed by atoms with Crippen LogP contribution < -0.4 is 16.0 Å². The molecule has 1 heterocycles. The molecule has 1 saturated heterocycles. The minimum atomic E-state index is -4.69. The van der Waals surface area contributed by atoms with E-state index in [1.165, 1.54) is 0 Å². The van der Waals surface area contributed by atoms with E-state index >= 15 is 0 Å². The quantitative estimate of drug-likeness (QED) is 0.786. The van der Waals surface area contributed by atoms with E-state index in [0.717, 1.165) is 18.1 Å². The first-order valence-electron chi connectivity index (χ1n) is 7.39. The number of imide groups is 1. The molecule has 0 spiro atoms. The average Bonchev–Trinajstić information content (AvgIpc) is 2.45. The summed E-state index contributed by atoms with van der Waals surface area (Å²) in [5.74, 6) is 0. The molecular formula is C15H19F3N4O2. The number of nitrogens with one attached hydrogen (secondary N) is 3. The number of halogens is 3. The highest BCUT2D eigenvalue weighted by molar-refractivity contribution is 5.96. The van der Waals surface area contributed by atoms with Gasteiger partial charge < -0.3 is 10.6 Å². The normalized spacial score (nSPS) is 18.8. The van der Waals surface area contributed by atoms with Crippen LogP contribution in [-0.2, 0) is 0 Å². The molecule has 2 rings (SSSR count). The van der Waals surface area contributed by atoms with Crippen LogP contribution in [0.4, 0.5) is 22.8 Å². The van der Waals surface area contributed by atoms with E-state index in [1.807, 2.05) is 38.1 Å². The van der Waals surface area contributed by atoms with E-state index in [1.54, 1.807) is 0 Å². The van der Waals surface area contributed by atoms with Crippen molar-refractivity contribution in [3.63, 3.8) is 0 Å². The molecule has 24 heavy (non-hydrogen) atoms. The first kappa shape index (κ1) is 18.1. The van der Waals surface area contributed by atoms with Crippen molar-refractivity contribution in [1.82, 2.24) is 20.9 Å². The third kappa shape index (κ3) is 3.97. The van der Waals surface area contributed by atoms with E-state index in [4.69, 9.17) is 0 Å². The van der Waals surface area contributed by atoms with Crippen LogP contribution in [0.15, 0.2) is 24.3 Å². The van der Waals surface area contributed by atoms with Gasteiger partial charge in [-0.1, -0.05) is 29.8 Å². The zero-order valence-corrected chi connectivity index (χ0v) is 13.4. The van der Waals surface area contributed by atoms with Crippen molar-refractivity contribution >= 4 is 12.1 Å². The molecule has 1 fully saturated rings. The second-order valence-corrected chi connectivity index (χ2v) is 5.72. The number of hydrogen-bond acceptors (Lipinski definition) is 3. The lowest BCUT2D eigenvalue weighted by Gasteiger charge is -2.37. The van der Waals surface area contributed by atoms with Gasteiger partial charge in [-0.15, -0.1) is 0 Å². The standard InChI is InChI=1S/C15H19F3N4O2/c1-8-5-4-6-11(7-8)9(2)19-12-20-13(23)22(14(24)21-12)10(3)15(16,17)18/h4-7,9-10,12,19H,1-3H3,(H,20,23)(H,21,24)/t9-,10+/m0/s1. The van der Waals surface area contributed by atoms with Crippen molar-refractivity contribution in [3.8, 4) is 0 Å². The van der Waals surface area contributed by atoms with Crippen molar-refractivity contribution in [2.45, 2.75) is 45.3 Å². The minimum absolute atomic E-state index is 0.121. The fourth-order valence-electron chi connectivity index (χ4n) is 2.38. The maximum atomic E-state index is 12.7. The third-order valence-electron chi connectivity index (χ3n) is 3.79. The number of rotatable bonds is 4. The Morgan fingerprint density at radius 3 is 2.25 bits per heavy atom. The number of alkyl halides is 3.